The van der Waals surface area contributed by atoms with E-state index in [0.717, 1.165) is 5.56 Å². The van der Waals surface area contributed by atoms with Gasteiger partial charge in [0.1, 0.15) is 22.8 Å². The molecule has 0 saturated carbocycles. The van der Waals surface area contributed by atoms with Gasteiger partial charge < -0.3 is 14.2 Å². The molecule has 0 amide bonds. The number of benzene rings is 1. The van der Waals surface area contributed by atoms with Crippen molar-refractivity contribution < 1.29 is 19.0 Å². The van der Waals surface area contributed by atoms with Crippen LogP contribution in [0.25, 0.3) is 0 Å². The predicted octanol–water partition coefficient (Wildman–Crippen LogP) is 2.22. The molecule has 4 heteroatoms. The lowest BCUT2D eigenvalue weighted by Crippen LogP contribution is -2.04. The number of methoxy groups -OCH3 is 3. The van der Waals surface area contributed by atoms with Crippen molar-refractivity contribution in [3.8, 4) is 17.2 Å². The molecule has 0 aliphatic heterocycles. The van der Waals surface area contributed by atoms with E-state index in [4.69, 9.17) is 14.2 Å². The van der Waals surface area contributed by atoms with Crippen LogP contribution in [-0.2, 0) is 0 Å². The Labute approximate surface area is 95.1 Å². The van der Waals surface area contributed by atoms with E-state index in [0.29, 0.717) is 22.8 Å². The number of Topliss-reactive ketones (excluding diaryl/α,β-unsaturated/α-hetero) is 1. The number of ketones is 1. The summed E-state index contributed by atoms with van der Waals surface area (Å²) in [6, 6.07) is 1.69. The molecule has 16 heavy (non-hydrogen) atoms. The fraction of sp³-hybridized carbons (Fsp3) is 0.417. The maximum atomic E-state index is 11.6. The summed E-state index contributed by atoms with van der Waals surface area (Å²) in [4.78, 5) is 11.6. The lowest BCUT2D eigenvalue weighted by atomic mass is 10.0. The van der Waals surface area contributed by atoms with Gasteiger partial charge in [-0.25, -0.2) is 0 Å². The van der Waals surface area contributed by atoms with Crippen molar-refractivity contribution in [2.45, 2.75) is 13.8 Å². The summed E-state index contributed by atoms with van der Waals surface area (Å²) in [7, 11) is 4.60. The molecule has 0 saturated heterocycles. The lowest BCUT2D eigenvalue weighted by Gasteiger charge is -2.16. The first kappa shape index (κ1) is 12.4. The first-order valence-electron chi connectivity index (χ1n) is 4.87. The molecule has 0 spiro atoms. The lowest BCUT2D eigenvalue weighted by molar-refractivity contribution is 0.101. The molecular formula is C12H16O4. The Bertz CT molecular complexity index is 410. The highest BCUT2D eigenvalue weighted by molar-refractivity contribution is 6.00. The van der Waals surface area contributed by atoms with Crippen molar-refractivity contribution in [2.75, 3.05) is 21.3 Å². The van der Waals surface area contributed by atoms with Gasteiger partial charge in [-0.1, -0.05) is 0 Å². The van der Waals surface area contributed by atoms with Crippen LogP contribution < -0.4 is 14.2 Å². The molecule has 1 aromatic rings. The first-order chi connectivity index (χ1) is 7.56. The van der Waals surface area contributed by atoms with E-state index in [1.807, 2.05) is 6.92 Å². The Morgan fingerprint density at radius 2 is 1.62 bits per heavy atom. The van der Waals surface area contributed by atoms with Gasteiger partial charge in [0, 0.05) is 11.6 Å². The van der Waals surface area contributed by atoms with E-state index < -0.39 is 0 Å². The van der Waals surface area contributed by atoms with Crippen LogP contribution in [0.5, 0.6) is 17.2 Å². The summed E-state index contributed by atoms with van der Waals surface area (Å²) < 4.78 is 15.6. The molecule has 0 atom stereocenters. The van der Waals surface area contributed by atoms with Crippen LogP contribution in [0.4, 0.5) is 0 Å². The van der Waals surface area contributed by atoms with Gasteiger partial charge in [0.05, 0.1) is 21.3 Å². The van der Waals surface area contributed by atoms with Gasteiger partial charge in [0.25, 0.3) is 0 Å². The highest BCUT2D eigenvalue weighted by atomic mass is 16.5. The summed E-state index contributed by atoms with van der Waals surface area (Å²) in [5.74, 6) is 1.51. The number of hydrogen-bond acceptors (Lipinski definition) is 4. The molecule has 4 nitrogen and oxygen atoms in total. The molecular weight excluding hydrogens is 208 g/mol. The fourth-order valence-corrected chi connectivity index (χ4v) is 1.67. The van der Waals surface area contributed by atoms with Gasteiger partial charge in [0.15, 0.2) is 5.78 Å². The van der Waals surface area contributed by atoms with Gasteiger partial charge in [-0.05, 0) is 13.8 Å². The molecule has 88 valence electrons. The Balaban J connectivity index is 3.57. The third kappa shape index (κ3) is 1.96. The second kappa shape index (κ2) is 4.88. The molecule has 0 heterocycles. The average molecular weight is 224 g/mol. The topological polar surface area (TPSA) is 44.8 Å². The van der Waals surface area contributed by atoms with E-state index in [2.05, 4.69) is 0 Å². The average Bonchev–Trinajstić information content (AvgIpc) is 2.27. The normalized spacial score (nSPS) is 9.81. The SMILES string of the molecule is COc1cc(OC)c(C(C)=O)c(OC)c1C. The van der Waals surface area contributed by atoms with Crippen molar-refractivity contribution in [2.24, 2.45) is 0 Å². The second-order valence-corrected chi connectivity index (χ2v) is 3.37. The van der Waals surface area contributed by atoms with E-state index in [1.165, 1.54) is 21.1 Å². The zero-order chi connectivity index (χ0) is 12.3. The Morgan fingerprint density at radius 3 is 2.00 bits per heavy atom. The molecule has 1 aromatic carbocycles. The molecule has 0 aliphatic carbocycles. The largest absolute Gasteiger partial charge is 0.496 e. The van der Waals surface area contributed by atoms with Gasteiger partial charge in [-0.2, -0.15) is 0 Å². The maximum absolute atomic E-state index is 11.6. The van der Waals surface area contributed by atoms with Crippen molar-refractivity contribution >= 4 is 5.78 Å². The Kier molecular flexibility index (Phi) is 3.77. The fourth-order valence-electron chi connectivity index (χ4n) is 1.67. The van der Waals surface area contributed by atoms with E-state index in [9.17, 15) is 4.79 Å². The number of ether oxygens (including phenoxy) is 3. The summed E-state index contributed by atoms with van der Waals surface area (Å²) in [6.07, 6.45) is 0. The van der Waals surface area contributed by atoms with Crippen LogP contribution in [-0.4, -0.2) is 27.1 Å². The van der Waals surface area contributed by atoms with Crippen LogP contribution >= 0.6 is 0 Å². The standard InChI is InChI=1S/C12H16O4/c1-7-9(14-3)6-10(15-4)11(8(2)13)12(7)16-5/h6H,1-5H3. The van der Waals surface area contributed by atoms with E-state index >= 15 is 0 Å². The van der Waals surface area contributed by atoms with Gasteiger partial charge in [-0.15, -0.1) is 0 Å². The summed E-state index contributed by atoms with van der Waals surface area (Å²) in [6.45, 7) is 3.32. The second-order valence-electron chi connectivity index (χ2n) is 3.37. The van der Waals surface area contributed by atoms with Crippen LogP contribution in [0.1, 0.15) is 22.8 Å². The third-order valence-corrected chi connectivity index (χ3v) is 2.44. The Morgan fingerprint density at radius 1 is 1.06 bits per heavy atom. The molecule has 0 fully saturated rings. The third-order valence-electron chi connectivity index (χ3n) is 2.44. The van der Waals surface area contributed by atoms with Crippen LogP contribution in [0.3, 0.4) is 0 Å². The van der Waals surface area contributed by atoms with Crippen LogP contribution in [0, 0.1) is 6.92 Å². The summed E-state index contributed by atoms with van der Waals surface area (Å²) in [5.41, 5.74) is 1.24. The molecule has 0 bridgehead atoms. The minimum Gasteiger partial charge on any atom is -0.496 e. The molecule has 0 N–H and O–H groups in total. The number of hydrogen-bond donors (Lipinski definition) is 0. The Hall–Kier alpha value is -1.71. The van der Waals surface area contributed by atoms with Crippen molar-refractivity contribution in [1.29, 1.82) is 0 Å². The molecule has 0 unspecified atom stereocenters. The minimum absolute atomic E-state index is 0.0977. The maximum Gasteiger partial charge on any atom is 0.167 e. The van der Waals surface area contributed by atoms with Crippen LogP contribution in [0.2, 0.25) is 0 Å². The van der Waals surface area contributed by atoms with Crippen molar-refractivity contribution in [3.63, 3.8) is 0 Å². The van der Waals surface area contributed by atoms with E-state index in [1.54, 1.807) is 13.2 Å². The predicted molar refractivity (Wildman–Crippen MR) is 60.8 cm³/mol. The summed E-state index contributed by atoms with van der Waals surface area (Å²) in [5, 5.41) is 0. The first-order valence-corrected chi connectivity index (χ1v) is 4.87. The van der Waals surface area contributed by atoms with Gasteiger partial charge in [-0.3, -0.25) is 4.79 Å². The zero-order valence-corrected chi connectivity index (χ0v) is 10.2. The number of rotatable bonds is 4. The summed E-state index contributed by atoms with van der Waals surface area (Å²) >= 11 is 0. The highest BCUT2D eigenvalue weighted by Gasteiger charge is 2.20. The number of carbonyl (C=O) groups excluding carboxylic acids is 1. The van der Waals surface area contributed by atoms with Crippen LogP contribution in [0.15, 0.2) is 6.07 Å². The quantitative estimate of drug-likeness (QED) is 0.736. The van der Waals surface area contributed by atoms with Crippen molar-refractivity contribution in [1.82, 2.24) is 0 Å². The van der Waals surface area contributed by atoms with Crippen molar-refractivity contribution in [3.05, 3.63) is 17.2 Å². The molecule has 0 radical (unpaired) electrons. The smallest absolute Gasteiger partial charge is 0.167 e. The molecule has 0 aliphatic rings. The van der Waals surface area contributed by atoms with Gasteiger partial charge >= 0.3 is 0 Å². The zero-order valence-electron chi connectivity index (χ0n) is 10.2. The molecule has 1 rings (SSSR count). The number of carbonyl (C=O) groups is 1. The van der Waals surface area contributed by atoms with E-state index in [-0.39, 0.29) is 5.78 Å². The monoisotopic (exact) mass is 224 g/mol. The highest BCUT2D eigenvalue weighted by Crippen LogP contribution is 2.38. The molecule has 0 aromatic heterocycles. The van der Waals surface area contributed by atoms with Gasteiger partial charge in [0.2, 0.25) is 0 Å². The minimum atomic E-state index is -0.0977.